The lowest BCUT2D eigenvalue weighted by molar-refractivity contribution is -0.136. The van der Waals surface area contributed by atoms with Crippen LogP contribution in [0.3, 0.4) is 0 Å². The number of hydrogen-bond acceptors (Lipinski definition) is 4. The molecule has 0 aromatic rings. The summed E-state index contributed by atoms with van der Waals surface area (Å²) in [6, 6.07) is 0.160. The van der Waals surface area contributed by atoms with Crippen molar-refractivity contribution in [2.75, 3.05) is 46.4 Å². The minimum absolute atomic E-state index is 0.160. The van der Waals surface area contributed by atoms with Crippen molar-refractivity contribution in [3.8, 4) is 0 Å². The Morgan fingerprint density at radius 2 is 2.18 bits per heavy atom. The highest BCUT2D eigenvalue weighted by Crippen LogP contribution is 2.09. The summed E-state index contributed by atoms with van der Waals surface area (Å²) in [5.74, 6) is 0.171. The zero-order valence-electron chi connectivity index (χ0n) is 11.0. The van der Waals surface area contributed by atoms with Gasteiger partial charge in [0.15, 0.2) is 0 Å². The highest BCUT2D eigenvalue weighted by atomic mass is 16.5. The molecular weight excluding hydrogens is 218 g/mol. The number of carbonyl (C=O) groups is 1. The number of carbonyl (C=O) groups excluding carboxylic acids is 1. The molecule has 0 radical (unpaired) electrons. The van der Waals surface area contributed by atoms with Crippen molar-refractivity contribution >= 4 is 5.91 Å². The quantitative estimate of drug-likeness (QED) is 0.662. The molecule has 1 rings (SSSR count). The highest BCUT2D eigenvalue weighted by molar-refractivity contribution is 5.76. The maximum atomic E-state index is 12.0. The minimum Gasteiger partial charge on any atom is -0.381 e. The Morgan fingerprint density at radius 3 is 2.82 bits per heavy atom. The van der Waals surface area contributed by atoms with Crippen LogP contribution in [-0.4, -0.2) is 68.2 Å². The average molecular weight is 243 g/mol. The second kappa shape index (κ2) is 7.63. The van der Waals surface area contributed by atoms with E-state index in [0.29, 0.717) is 19.6 Å². The van der Waals surface area contributed by atoms with Gasteiger partial charge in [-0.3, -0.25) is 4.79 Å². The van der Waals surface area contributed by atoms with Gasteiger partial charge >= 0.3 is 0 Å². The number of rotatable bonds is 6. The van der Waals surface area contributed by atoms with Gasteiger partial charge in [0.1, 0.15) is 0 Å². The van der Waals surface area contributed by atoms with Crippen LogP contribution in [0.2, 0.25) is 0 Å². The van der Waals surface area contributed by atoms with Crippen LogP contribution < -0.4 is 5.73 Å². The summed E-state index contributed by atoms with van der Waals surface area (Å²) < 4.78 is 5.35. The van der Waals surface area contributed by atoms with Gasteiger partial charge in [-0.2, -0.15) is 0 Å². The van der Waals surface area contributed by atoms with Crippen molar-refractivity contribution < 1.29 is 9.53 Å². The average Bonchev–Trinajstić information content (AvgIpc) is 2.34. The first-order chi connectivity index (χ1) is 8.19. The molecule has 100 valence electrons. The molecule has 0 aromatic heterocycles. The molecule has 2 N–H and O–H groups in total. The molecule has 17 heavy (non-hydrogen) atoms. The van der Waals surface area contributed by atoms with E-state index >= 15 is 0 Å². The van der Waals surface area contributed by atoms with Crippen LogP contribution in [0.25, 0.3) is 0 Å². The van der Waals surface area contributed by atoms with E-state index in [0.717, 1.165) is 32.7 Å². The van der Waals surface area contributed by atoms with Gasteiger partial charge in [-0.15, -0.1) is 0 Å². The first-order valence-electron chi connectivity index (χ1n) is 6.44. The third-order valence-corrected chi connectivity index (χ3v) is 3.09. The van der Waals surface area contributed by atoms with E-state index in [4.69, 9.17) is 10.5 Å². The second-order valence-corrected chi connectivity index (χ2v) is 4.60. The first kappa shape index (κ1) is 14.4. The van der Waals surface area contributed by atoms with E-state index in [1.165, 1.54) is 0 Å². The molecular formula is C12H25N3O2. The molecule has 1 saturated heterocycles. The topological polar surface area (TPSA) is 58.8 Å². The van der Waals surface area contributed by atoms with E-state index in [-0.39, 0.29) is 11.9 Å². The lowest BCUT2D eigenvalue weighted by Gasteiger charge is -2.39. The van der Waals surface area contributed by atoms with Crippen molar-refractivity contribution in [1.29, 1.82) is 0 Å². The minimum atomic E-state index is 0.160. The van der Waals surface area contributed by atoms with Crippen molar-refractivity contribution in [2.45, 2.75) is 25.8 Å². The number of nitrogens with zero attached hydrogens (tertiary/aromatic N) is 2. The molecule has 0 saturated carbocycles. The molecule has 1 heterocycles. The number of piperazine rings is 1. The van der Waals surface area contributed by atoms with Crippen LogP contribution in [-0.2, 0) is 9.53 Å². The third kappa shape index (κ3) is 4.61. The van der Waals surface area contributed by atoms with E-state index in [9.17, 15) is 4.79 Å². The Labute approximate surface area is 104 Å². The Hall–Kier alpha value is -0.650. The fourth-order valence-corrected chi connectivity index (χ4v) is 2.09. The van der Waals surface area contributed by atoms with Gasteiger partial charge in [0.05, 0.1) is 19.1 Å². The molecule has 0 aliphatic carbocycles. The largest absolute Gasteiger partial charge is 0.381 e. The molecule has 0 bridgehead atoms. The maximum Gasteiger partial charge on any atom is 0.225 e. The molecule has 5 heteroatoms. The maximum absolute atomic E-state index is 12.0. The lowest BCUT2D eigenvalue weighted by Crippen LogP contribution is -2.56. The molecule has 1 unspecified atom stereocenters. The standard InChI is InChI=1S/C12H25N3O2/c1-3-7-17-8-4-12(16)15-6-5-14(2)10-11(15)9-13/h11H,3-10,13H2,1-2H3. The number of nitrogens with two attached hydrogens (primary N) is 1. The van der Waals surface area contributed by atoms with Gasteiger partial charge in [-0.25, -0.2) is 0 Å². The smallest absolute Gasteiger partial charge is 0.225 e. The molecule has 1 fully saturated rings. The van der Waals surface area contributed by atoms with Crippen LogP contribution in [0.1, 0.15) is 19.8 Å². The van der Waals surface area contributed by atoms with Crippen molar-refractivity contribution in [3.63, 3.8) is 0 Å². The van der Waals surface area contributed by atoms with E-state index in [1.807, 2.05) is 4.90 Å². The summed E-state index contributed by atoms with van der Waals surface area (Å²) in [5, 5.41) is 0. The van der Waals surface area contributed by atoms with Gasteiger partial charge in [0, 0.05) is 32.8 Å². The number of ether oxygens (including phenoxy) is 1. The fourth-order valence-electron chi connectivity index (χ4n) is 2.09. The van der Waals surface area contributed by atoms with Gasteiger partial charge in [0.25, 0.3) is 0 Å². The Kier molecular flexibility index (Phi) is 6.47. The predicted molar refractivity (Wildman–Crippen MR) is 67.8 cm³/mol. The van der Waals surface area contributed by atoms with Crippen LogP contribution in [0.15, 0.2) is 0 Å². The molecule has 5 nitrogen and oxygen atoms in total. The zero-order valence-corrected chi connectivity index (χ0v) is 11.0. The Balaban J connectivity index is 2.33. The Bertz CT molecular complexity index is 236. The van der Waals surface area contributed by atoms with Crippen LogP contribution in [0.4, 0.5) is 0 Å². The van der Waals surface area contributed by atoms with E-state index in [2.05, 4.69) is 18.9 Å². The van der Waals surface area contributed by atoms with E-state index in [1.54, 1.807) is 0 Å². The highest BCUT2D eigenvalue weighted by Gasteiger charge is 2.27. The monoisotopic (exact) mass is 243 g/mol. The van der Waals surface area contributed by atoms with Crippen LogP contribution in [0, 0.1) is 0 Å². The zero-order chi connectivity index (χ0) is 12.7. The lowest BCUT2D eigenvalue weighted by atomic mass is 10.1. The second-order valence-electron chi connectivity index (χ2n) is 4.60. The van der Waals surface area contributed by atoms with Crippen molar-refractivity contribution in [2.24, 2.45) is 5.73 Å². The number of hydrogen-bond donors (Lipinski definition) is 1. The SMILES string of the molecule is CCCOCCC(=O)N1CCN(C)CC1CN. The van der Waals surface area contributed by atoms with Gasteiger partial charge in [0.2, 0.25) is 5.91 Å². The summed E-state index contributed by atoms with van der Waals surface area (Å²) in [6.45, 7) is 6.44. The van der Waals surface area contributed by atoms with Gasteiger partial charge in [-0.05, 0) is 13.5 Å². The Morgan fingerprint density at radius 1 is 1.41 bits per heavy atom. The normalized spacial score (nSPS) is 21.8. The van der Waals surface area contributed by atoms with Crippen LogP contribution >= 0.6 is 0 Å². The summed E-state index contributed by atoms with van der Waals surface area (Å²) in [6.07, 6.45) is 1.47. The summed E-state index contributed by atoms with van der Waals surface area (Å²) >= 11 is 0. The molecule has 0 spiro atoms. The van der Waals surface area contributed by atoms with E-state index < -0.39 is 0 Å². The number of amides is 1. The molecule has 0 aromatic carbocycles. The van der Waals surface area contributed by atoms with Crippen molar-refractivity contribution in [3.05, 3.63) is 0 Å². The van der Waals surface area contributed by atoms with Gasteiger partial charge < -0.3 is 20.3 Å². The fraction of sp³-hybridized carbons (Fsp3) is 0.917. The molecule has 1 aliphatic rings. The van der Waals surface area contributed by atoms with Crippen molar-refractivity contribution in [1.82, 2.24) is 9.80 Å². The number of likely N-dealkylation sites (N-methyl/N-ethyl adjacent to an activating group) is 1. The summed E-state index contributed by atoms with van der Waals surface area (Å²) in [4.78, 5) is 16.1. The summed E-state index contributed by atoms with van der Waals surface area (Å²) in [7, 11) is 2.06. The van der Waals surface area contributed by atoms with Gasteiger partial charge in [-0.1, -0.05) is 6.92 Å². The van der Waals surface area contributed by atoms with Crippen LogP contribution in [0.5, 0.6) is 0 Å². The first-order valence-corrected chi connectivity index (χ1v) is 6.44. The molecule has 1 atom stereocenters. The third-order valence-electron chi connectivity index (χ3n) is 3.09. The molecule has 1 aliphatic heterocycles. The molecule has 1 amide bonds. The predicted octanol–water partition coefficient (Wildman–Crippen LogP) is -0.0956. The summed E-state index contributed by atoms with van der Waals surface area (Å²) in [5.41, 5.74) is 5.72.